The van der Waals surface area contributed by atoms with Gasteiger partial charge in [0.1, 0.15) is 12.4 Å². The van der Waals surface area contributed by atoms with Crippen LogP contribution in [0.2, 0.25) is 0 Å². The van der Waals surface area contributed by atoms with Gasteiger partial charge < -0.3 is 34.7 Å². The predicted octanol–water partition coefficient (Wildman–Crippen LogP) is 3.69. The second-order valence-corrected chi connectivity index (χ2v) is 9.64. The number of carbonyl (C=O) groups is 4. The maximum Gasteiger partial charge on any atom is 0.338 e. The molecule has 0 aliphatic carbocycles. The van der Waals surface area contributed by atoms with Gasteiger partial charge in [0.15, 0.2) is 18.1 Å². The van der Waals surface area contributed by atoms with Gasteiger partial charge in [0, 0.05) is 5.70 Å². The van der Waals surface area contributed by atoms with E-state index in [4.69, 9.17) is 24.1 Å². The third kappa shape index (κ3) is 8.60. The molecule has 1 aliphatic rings. The van der Waals surface area contributed by atoms with Crippen LogP contribution in [0, 0.1) is 0 Å². The van der Waals surface area contributed by atoms with Crippen LogP contribution in [0.5, 0.6) is 17.2 Å². The normalized spacial score (nSPS) is 14.3. The van der Waals surface area contributed by atoms with Crippen molar-refractivity contribution in [3.8, 4) is 17.2 Å². The number of benzene rings is 3. The Bertz CT molecular complexity index is 1620. The molecule has 0 saturated heterocycles. The Morgan fingerprint density at radius 3 is 2.40 bits per heavy atom. The van der Waals surface area contributed by atoms with Crippen molar-refractivity contribution in [3.63, 3.8) is 0 Å². The van der Waals surface area contributed by atoms with Crippen LogP contribution in [0.3, 0.4) is 0 Å². The van der Waals surface area contributed by atoms with Gasteiger partial charge in [0.25, 0.3) is 5.91 Å². The summed E-state index contributed by atoms with van der Waals surface area (Å²) in [7, 11) is 1.43. The fourth-order valence-electron chi connectivity index (χ4n) is 4.32. The third-order valence-electron chi connectivity index (χ3n) is 6.53. The summed E-state index contributed by atoms with van der Waals surface area (Å²) in [6, 6.07) is 17.0. The summed E-state index contributed by atoms with van der Waals surface area (Å²) >= 11 is 0. The number of nitrogens with zero attached hydrogens (tertiary/aromatic N) is 1. The fourth-order valence-corrected chi connectivity index (χ4v) is 4.32. The van der Waals surface area contributed by atoms with Crippen LogP contribution < -0.4 is 30.3 Å². The SMILES string of the molecule is CCOC(=O)C1=C(C)NC(=O)N[C@@H]1c1ccc(OCC(=O)N/N=C\c2ccc(OCc3ccc(C(=O)O)cc3)cc2)c(OC)c1. The van der Waals surface area contributed by atoms with Gasteiger partial charge in [-0.25, -0.2) is 19.8 Å². The van der Waals surface area contributed by atoms with Gasteiger partial charge in [-0.3, -0.25) is 4.79 Å². The van der Waals surface area contributed by atoms with Crippen molar-refractivity contribution in [2.75, 3.05) is 20.3 Å². The van der Waals surface area contributed by atoms with Crippen LogP contribution in [0.4, 0.5) is 4.79 Å². The number of aromatic carboxylic acids is 1. The van der Waals surface area contributed by atoms with Gasteiger partial charge in [0.05, 0.1) is 37.1 Å². The van der Waals surface area contributed by atoms with Crippen molar-refractivity contribution < 1.29 is 43.2 Å². The zero-order chi connectivity index (χ0) is 32.3. The smallest absolute Gasteiger partial charge is 0.338 e. The lowest BCUT2D eigenvalue weighted by Gasteiger charge is -2.28. The summed E-state index contributed by atoms with van der Waals surface area (Å²) in [5, 5.41) is 18.2. The second-order valence-electron chi connectivity index (χ2n) is 9.64. The molecular formula is C32H32N4O9. The monoisotopic (exact) mass is 616 g/mol. The van der Waals surface area contributed by atoms with E-state index in [1.165, 1.54) is 25.5 Å². The van der Waals surface area contributed by atoms with Gasteiger partial charge >= 0.3 is 18.0 Å². The van der Waals surface area contributed by atoms with Crippen LogP contribution in [-0.2, 0) is 20.9 Å². The van der Waals surface area contributed by atoms with Crippen molar-refractivity contribution in [2.24, 2.45) is 5.10 Å². The van der Waals surface area contributed by atoms with Crippen LogP contribution in [0.25, 0.3) is 0 Å². The maximum atomic E-state index is 12.6. The number of carboxylic acid groups (broad SMARTS) is 1. The largest absolute Gasteiger partial charge is 0.493 e. The molecule has 45 heavy (non-hydrogen) atoms. The maximum absolute atomic E-state index is 12.6. The Balaban J connectivity index is 1.29. The van der Waals surface area contributed by atoms with Gasteiger partial charge in [-0.05, 0) is 79.1 Å². The molecule has 0 saturated carbocycles. The average Bonchev–Trinajstić information content (AvgIpc) is 3.03. The third-order valence-corrected chi connectivity index (χ3v) is 6.53. The Morgan fingerprint density at radius 2 is 1.73 bits per heavy atom. The molecule has 1 atom stereocenters. The van der Waals surface area contributed by atoms with Crippen molar-refractivity contribution in [2.45, 2.75) is 26.5 Å². The van der Waals surface area contributed by atoms with Gasteiger partial charge in [-0.2, -0.15) is 5.10 Å². The Kier molecular flexibility index (Phi) is 10.7. The topological polar surface area (TPSA) is 174 Å². The second kappa shape index (κ2) is 15.0. The van der Waals surface area contributed by atoms with Crippen LogP contribution in [0.1, 0.15) is 46.9 Å². The number of hydrogen-bond donors (Lipinski definition) is 4. The van der Waals surface area contributed by atoms with Gasteiger partial charge in [-0.15, -0.1) is 0 Å². The van der Waals surface area contributed by atoms with E-state index in [2.05, 4.69) is 21.2 Å². The molecule has 13 heteroatoms. The van der Waals surface area contributed by atoms with E-state index < -0.39 is 29.9 Å². The lowest BCUT2D eigenvalue weighted by molar-refractivity contribution is -0.139. The number of carbonyl (C=O) groups excluding carboxylic acids is 3. The van der Waals surface area contributed by atoms with Crippen LogP contribution in [0.15, 0.2) is 83.1 Å². The first-order valence-corrected chi connectivity index (χ1v) is 13.8. The Labute approximate surface area is 258 Å². The van der Waals surface area contributed by atoms with Crippen LogP contribution >= 0.6 is 0 Å². The minimum atomic E-state index is -0.985. The van der Waals surface area contributed by atoms with Gasteiger partial charge in [-0.1, -0.05) is 18.2 Å². The highest BCUT2D eigenvalue weighted by Gasteiger charge is 2.32. The molecule has 0 radical (unpaired) electrons. The highest BCUT2D eigenvalue weighted by Crippen LogP contribution is 2.34. The summed E-state index contributed by atoms with van der Waals surface area (Å²) in [5.41, 5.74) is 5.34. The lowest BCUT2D eigenvalue weighted by atomic mass is 9.95. The number of urea groups is 1. The highest BCUT2D eigenvalue weighted by molar-refractivity contribution is 5.95. The quantitative estimate of drug-likeness (QED) is 0.127. The molecule has 13 nitrogen and oxygen atoms in total. The molecule has 3 aromatic rings. The molecule has 0 aromatic heterocycles. The molecule has 0 bridgehead atoms. The zero-order valence-corrected chi connectivity index (χ0v) is 24.8. The molecule has 1 aliphatic heterocycles. The number of ether oxygens (including phenoxy) is 4. The molecule has 0 fully saturated rings. The summed E-state index contributed by atoms with van der Waals surface area (Å²) in [5.74, 6) is -0.890. The van der Waals surface area contributed by atoms with E-state index >= 15 is 0 Å². The fraction of sp³-hybridized carbons (Fsp3) is 0.219. The van der Waals surface area contributed by atoms with E-state index in [9.17, 15) is 19.2 Å². The summed E-state index contributed by atoms with van der Waals surface area (Å²) in [6.07, 6.45) is 1.46. The van der Waals surface area contributed by atoms with E-state index in [1.807, 2.05) is 0 Å². The van der Waals surface area contributed by atoms with Gasteiger partial charge in [0.2, 0.25) is 0 Å². The molecule has 0 unspecified atom stereocenters. The number of nitrogens with one attached hydrogen (secondary N) is 3. The highest BCUT2D eigenvalue weighted by atomic mass is 16.5. The number of allylic oxidation sites excluding steroid dienone is 1. The average molecular weight is 617 g/mol. The molecule has 3 amide bonds. The molecule has 4 rings (SSSR count). The molecule has 234 valence electrons. The predicted molar refractivity (Wildman–Crippen MR) is 162 cm³/mol. The lowest BCUT2D eigenvalue weighted by Crippen LogP contribution is -2.45. The molecule has 3 aromatic carbocycles. The number of hydrogen-bond acceptors (Lipinski definition) is 9. The van der Waals surface area contributed by atoms with Crippen molar-refractivity contribution in [3.05, 3.63) is 100 Å². The first kappa shape index (κ1) is 32.1. The van der Waals surface area contributed by atoms with Crippen LogP contribution in [-0.4, -0.2) is 55.5 Å². The molecular weight excluding hydrogens is 584 g/mol. The van der Waals surface area contributed by atoms with Crippen molar-refractivity contribution >= 4 is 30.1 Å². The summed E-state index contributed by atoms with van der Waals surface area (Å²) < 4.78 is 22.0. The Hall–Kier alpha value is -5.85. The number of rotatable bonds is 13. The molecule has 0 spiro atoms. The summed E-state index contributed by atoms with van der Waals surface area (Å²) in [4.78, 5) is 48.0. The number of methoxy groups -OCH3 is 1. The minimum absolute atomic E-state index is 0.176. The van der Waals surface area contributed by atoms with E-state index in [0.717, 1.165) is 5.56 Å². The number of amides is 3. The zero-order valence-electron chi connectivity index (χ0n) is 24.8. The van der Waals surface area contributed by atoms with E-state index in [0.29, 0.717) is 22.6 Å². The number of esters is 1. The number of hydrazone groups is 1. The minimum Gasteiger partial charge on any atom is -0.493 e. The van der Waals surface area contributed by atoms with E-state index in [-0.39, 0.29) is 42.5 Å². The molecule has 1 heterocycles. The Morgan fingerprint density at radius 1 is 1.00 bits per heavy atom. The van der Waals surface area contributed by atoms with E-state index in [1.54, 1.807) is 68.4 Å². The summed E-state index contributed by atoms with van der Waals surface area (Å²) in [6.45, 7) is 3.40. The standard InChI is InChI=1S/C32H32N4O9/c1-4-43-31(40)28-19(2)34-32(41)35-29(28)23-11-14-25(26(15-23)42-3)45-18-27(37)36-33-16-20-7-12-24(13-8-20)44-17-21-5-9-22(10-6-21)30(38)39/h5-16,29H,4,17-18H2,1-3H3,(H,36,37)(H,38,39)(H2,34,35,41)/b33-16-/t29-/m1/s1. The first-order chi connectivity index (χ1) is 21.7. The molecule has 4 N–H and O–H groups in total. The van der Waals surface area contributed by atoms with Crippen molar-refractivity contribution in [1.82, 2.24) is 16.1 Å². The van der Waals surface area contributed by atoms with Crippen molar-refractivity contribution in [1.29, 1.82) is 0 Å². The number of carboxylic acids is 1. The first-order valence-electron chi connectivity index (χ1n) is 13.8.